The molecule has 2 unspecified atom stereocenters. The molecule has 0 spiro atoms. The van der Waals surface area contributed by atoms with Crippen molar-refractivity contribution in [2.24, 2.45) is 0 Å². The molecule has 1 aliphatic heterocycles. The van der Waals surface area contributed by atoms with E-state index in [2.05, 4.69) is 6.92 Å². The maximum atomic E-state index is 13.1. The molecule has 2 heteroatoms. The SMILES string of the molecule is CC1SC1Cc1ccccc1F. The van der Waals surface area contributed by atoms with Crippen molar-refractivity contribution < 1.29 is 4.39 Å². The van der Waals surface area contributed by atoms with Crippen LogP contribution in [0.1, 0.15) is 12.5 Å². The molecule has 1 heterocycles. The van der Waals surface area contributed by atoms with E-state index in [9.17, 15) is 4.39 Å². The lowest BCUT2D eigenvalue weighted by molar-refractivity contribution is 0.609. The van der Waals surface area contributed by atoms with E-state index >= 15 is 0 Å². The normalized spacial score (nSPS) is 27.2. The number of rotatable bonds is 2. The van der Waals surface area contributed by atoms with E-state index in [1.807, 2.05) is 23.9 Å². The molecule has 0 saturated carbocycles. The molecule has 0 N–H and O–H groups in total. The molecule has 1 aromatic rings. The van der Waals surface area contributed by atoms with E-state index in [4.69, 9.17) is 0 Å². The third kappa shape index (κ3) is 1.63. The van der Waals surface area contributed by atoms with Gasteiger partial charge in [0, 0.05) is 10.5 Å². The van der Waals surface area contributed by atoms with Crippen LogP contribution in [0, 0.1) is 5.82 Å². The Bertz CT molecular complexity index is 285. The average Bonchev–Trinajstić information content (AvgIpc) is 2.72. The fraction of sp³-hybridized carbons (Fsp3) is 0.400. The van der Waals surface area contributed by atoms with Crippen LogP contribution >= 0.6 is 11.8 Å². The van der Waals surface area contributed by atoms with Gasteiger partial charge in [-0.15, -0.1) is 0 Å². The van der Waals surface area contributed by atoms with Gasteiger partial charge in [-0.25, -0.2) is 4.39 Å². The molecule has 0 amide bonds. The van der Waals surface area contributed by atoms with E-state index in [0.717, 1.165) is 17.2 Å². The number of hydrogen-bond donors (Lipinski definition) is 0. The molecular weight excluding hydrogens is 171 g/mol. The average molecular weight is 182 g/mol. The zero-order chi connectivity index (χ0) is 8.55. The van der Waals surface area contributed by atoms with E-state index < -0.39 is 0 Å². The van der Waals surface area contributed by atoms with E-state index in [0.29, 0.717) is 5.25 Å². The molecule has 0 radical (unpaired) electrons. The second-order valence-electron chi connectivity index (χ2n) is 3.18. The minimum absolute atomic E-state index is 0.0581. The van der Waals surface area contributed by atoms with Gasteiger partial charge in [0.2, 0.25) is 0 Å². The summed E-state index contributed by atoms with van der Waals surface area (Å²) in [6.45, 7) is 2.19. The molecule has 1 aliphatic rings. The van der Waals surface area contributed by atoms with Gasteiger partial charge in [-0.1, -0.05) is 25.1 Å². The Kier molecular flexibility index (Phi) is 2.09. The van der Waals surface area contributed by atoms with Crippen molar-refractivity contribution in [2.45, 2.75) is 23.8 Å². The Morgan fingerprint density at radius 2 is 2.08 bits per heavy atom. The van der Waals surface area contributed by atoms with Crippen LogP contribution in [0.3, 0.4) is 0 Å². The number of benzene rings is 1. The van der Waals surface area contributed by atoms with E-state index in [1.54, 1.807) is 6.07 Å². The highest BCUT2D eigenvalue weighted by Gasteiger charge is 2.33. The number of halogens is 1. The second-order valence-corrected chi connectivity index (χ2v) is 4.80. The molecule has 12 heavy (non-hydrogen) atoms. The fourth-order valence-corrected chi connectivity index (χ4v) is 2.16. The zero-order valence-electron chi connectivity index (χ0n) is 6.96. The lowest BCUT2D eigenvalue weighted by Gasteiger charge is -1.99. The van der Waals surface area contributed by atoms with Crippen LogP contribution in [0.25, 0.3) is 0 Å². The van der Waals surface area contributed by atoms with Crippen molar-refractivity contribution >= 4 is 11.8 Å². The Morgan fingerprint density at radius 3 is 2.67 bits per heavy atom. The second kappa shape index (κ2) is 3.09. The molecule has 2 rings (SSSR count). The topological polar surface area (TPSA) is 0 Å². The van der Waals surface area contributed by atoms with E-state index in [-0.39, 0.29) is 5.82 Å². The van der Waals surface area contributed by atoms with Crippen LogP contribution < -0.4 is 0 Å². The summed E-state index contributed by atoms with van der Waals surface area (Å²) < 4.78 is 13.1. The molecule has 1 saturated heterocycles. The van der Waals surface area contributed by atoms with Crippen molar-refractivity contribution in [3.8, 4) is 0 Å². The largest absolute Gasteiger partial charge is 0.207 e. The molecule has 0 bridgehead atoms. The first-order valence-corrected chi connectivity index (χ1v) is 5.10. The standard InChI is InChI=1S/C10H11FS/c1-7-10(12-7)6-8-4-2-3-5-9(8)11/h2-5,7,10H,6H2,1H3. The van der Waals surface area contributed by atoms with Gasteiger partial charge in [-0.05, 0) is 18.1 Å². The van der Waals surface area contributed by atoms with Gasteiger partial charge in [0.25, 0.3) is 0 Å². The van der Waals surface area contributed by atoms with Gasteiger partial charge in [-0.3, -0.25) is 0 Å². The highest BCUT2D eigenvalue weighted by Crippen LogP contribution is 2.42. The highest BCUT2D eigenvalue weighted by atomic mass is 32.2. The molecule has 0 aromatic heterocycles. The summed E-state index contributed by atoms with van der Waals surface area (Å²) in [6, 6.07) is 7.05. The number of thioether (sulfide) groups is 1. The fourth-order valence-electron chi connectivity index (χ4n) is 1.33. The van der Waals surface area contributed by atoms with Gasteiger partial charge >= 0.3 is 0 Å². The Labute approximate surface area is 76.2 Å². The zero-order valence-corrected chi connectivity index (χ0v) is 7.77. The molecule has 0 aliphatic carbocycles. The van der Waals surface area contributed by atoms with Gasteiger partial charge < -0.3 is 0 Å². The summed E-state index contributed by atoms with van der Waals surface area (Å²) in [5, 5.41) is 1.38. The van der Waals surface area contributed by atoms with Gasteiger partial charge in [-0.2, -0.15) is 11.8 Å². The van der Waals surface area contributed by atoms with Crippen molar-refractivity contribution in [1.82, 2.24) is 0 Å². The lowest BCUT2D eigenvalue weighted by atomic mass is 10.1. The van der Waals surface area contributed by atoms with Crippen LogP contribution in [-0.2, 0) is 6.42 Å². The molecule has 1 aromatic carbocycles. The van der Waals surface area contributed by atoms with Crippen LogP contribution in [0.15, 0.2) is 24.3 Å². The summed E-state index contributed by atoms with van der Waals surface area (Å²) >= 11 is 1.93. The van der Waals surface area contributed by atoms with Crippen molar-refractivity contribution in [3.63, 3.8) is 0 Å². The summed E-state index contributed by atoms with van der Waals surface area (Å²) in [5.74, 6) is -0.0581. The highest BCUT2D eigenvalue weighted by molar-refractivity contribution is 8.07. The predicted octanol–water partition coefficient (Wildman–Crippen LogP) is 2.87. The van der Waals surface area contributed by atoms with Crippen LogP contribution in [-0.4, -0.2) is 10.5 Å². The number of hydrogen-bond acceptors (Lipinski definition) is 1. The first-order valence-electron chi connectivity index (χ1n) is 4.16. The minimum Gasteiger partial charge on any atom is -0.207 e. The quantitative estimate of drug-likeness (QED) is 0.634. The van der Waals surface area contributed by atoms with Gasteiger partial charge in [0.05, 0.1) is 0 Å². The van der Waals surface area contributed by atoms with Crippen molar-refractivity contribution in [3.05, 3.63) is 35.6 Å². The smallest absolute Gasteiger partial charge is 0.126 e. The first kappa shape index (κ1) is 8.11. The molecule has 1 fully saturated rings. The Balaban J connectivity index is 2.08. The Morgan fingerprint density at radius 1 is 1.42 bits per heavy atom. The van der Waals surface area contributed by atoms with Gasteiger partial charge in [0.15, 0.2) is 0 Å². The monoisotopic (exact) mass is 182 g/mol. The maximum absolute atomic E-state index is 13.1. The van der Waals surface area contributed by atoms with Crippen LogP contribution in [0.2, 0.25) is 0 Å². The summed E-state index contributed by atoms with van der Waals surface area (Å²) in [5.41, 5.74) is 0.861. The van der Waals surface area contributed by atoms with E-state index in [1.165, 1.54) is 6.07 Å². The van der Waals surface area contributed by atoms with Gasteiger partial charge in [0.1, 0.15) is 5.82 Å². The lowest BCUT2D eigenvalue weighted by Crippen LogP contribution is -1.97. The third-order valence-corrected chi connectivity index (χ3v) is 3.58. The molecular formula is C10H11FS. The van der Waals surface area contributed by atoms with Crippen molar-refractivity contribution in [1.29, 1.82) is 0 Å². The summed E-state index contributed by atoms with van der Waals surface area (Å²) in [4.78, 5) is 0. The Hall–Kier alpha value is -0.500. The molecule has 2 atom stereocenters. The van der Waals surface area contributed by atoms with Crippen LogP contribution in [0.5, 0.6) is 0 Å². The third-order valence-electron chi connectivity index (χ3n) is 2.22. The molecule has 0 nitrogen and oxygen atoms in total. The van der Waals surface area contributed by atoms with Crippen LogP contribution in [0.4, 0.5) is 4.39 Å². The summed E-state index contributed by atoms with van der Waals surface area (Å²) in [6.07, 6.45) is 0.887. The van der Waals surface area contributed by atoms with Crippen molar-refractivity contribution in [2.75, 3.05) is 0 Å². The minimum atomic E-state index is -0.0581. The maximum Gasteiger partial charge on any atom is 0.126 e. The predicted molar refractivity (Wildman–Crippen MR) is 50.9 cm³/mol. The summed E-state index contributed by atoms with van der Waals surface area (Å²) in [7, 11) is 0. The first-order chi connectivity index (χ1) is 5.77. The molecule has 64 valence electrons.